The fraction of sp³-hybridized carbons (Fsp3) is 0.571. The molecule has 4 nitrogen and oxygen atoms in total. The molecular formula is C14H20N2O2. The van der Waals surface area contributed by atoms with Crippen molar-refractivity contribution in [2.45, 2.75) is 25.3 Å². The van der Waals surface area contributed by atoms with E-state index in [0.29, 0.717) is 18.8 Å². The summed E-state index contributed by atoms with van der Waals surface area (Å²) in [7, 11) is 0. The van der Waals surface area contributed by atoms with Gasteiger partial charge in [-0.25, -0.2) is 0 Å². The Kier molecular flexibility index (Phi) is 3.14. The van der Waals surface area contributed by atoms with Gasteiger partial charge in [0.05, 0.1) is 0 Å². The lowest BCUT2D eigenvalue weighted by Gasteiger charge is -2.19. The smallest absolute Gasteiger partial charge is 0.231 e. The molecule has 2 N–H and O–H groups in total. The van der Waals surface area contributed by atoms with E-state index in [2.05, 4.69) is 24.0 Å². The number of fused-ring (bicyclic) bond motifs is 1. The van der Waals surface area contributed by atoms with Crippen molar-refractivity contribution >= 4 is 0 Å². The van der Waals surface area contributed by atoms with Gasteiger partial charge in [0.1, 0.15) is 0 Å². The minimum Gasteiger partial charge on any atom is -0.454 e. The van der Waals surface area contributed by atoms with Crippen molar-refractivity contribution in [2.24, 2.45) is 5.73 Å². The number of nitrogens with two attached hydrogens (primary N) is 1. The van der Waals surface area contributed by atoms with Crippen molar-refractivity contribution in [3.8, 4) is 11.5 Å². The molecule has 2 atom stereocenters. The fourth-order valence-corrected chi connectivity index (χ4v) is 2.98. The lowest BCUT2D eigenvalue weighted by Crippen LogP contribution is -2.32. The summed E-state index contributed by atoms with van der Waals surface area (Å²) in [6, 6.07) is 6.93. The molecule has 3 rings (SSSR count). The third-order valence-corrected chi connectivity index (χ3v) is 3.99. The molecule has 2 unspecified atom stereocenters. The highest BCUT2D eigenvalue weighted by molar-refractivity contribution is 5.45. The van der Waals surface area contributed by atoms with Crippen LogP contribution in [0.2, 0.25) is 0 Å². The van der Waals surface area contributed by atoms with Crippen molar-refractivity contribution in [3.63, 3.8) is 0 Å². The topological polar surface area (TPSA) is 47.7 Å². The standard InChI is InChI=1S/C14H20N2O2/c1-10-6-12(8-16(10)5-4-15)11-2-3-13-14(7-11)18-9-17-13/h2-3,7,10,12H,4-6,8-9,15H2,1H3. The Morgan fingerprint density at radius 3 is 3.00 bits per heavy atom. The summed E-state index contributed by atoms with van der Waals surface area (Å²) in [6.45, 7) is 5.44. The lowest BCUT2D eigenvalue weighted by molar-refractivity contribution is 0.174. The van der Waals surface area contributed by atoms with Crippen molar-refractivity contribution in [1.82, 2.24) is 4.90 Å². The van der Waals surface area contributed by atoms with Crippen LogP contribution >= 0.6 is 0 Å². The molecule has 98 valence electrons. The van der Waals surface area contributed by atoms with E-state index in [1.807, 2.05) is 6.07 Å². The highest BCUT2D eigenvalue weighted by Crippen LogP contribution is 2.38. The third kappa shape index (κ3) is 2.06. The van der Waals surface area contributed by atoms with Gasteiger partial charge in [-0.2, -0.15) is 0 Å². The molecule has 0 bridgehead atoms. The maximum Gasteiger partial charge on any atom is 0.231 e. The number of likely N-dealkylation sites (tertiary alicyclic amines) is 1. The van der Waals surface area contributed by atoms with E-state index < -0.39 is 0 Å². The Balaban J connectivity index is 1.76. The normalized spacial score (nSPS) is 26.8. The molecule has 4 heteroatoms. The van der Waals surface area contributed by atoms with E-state index >= 15 is 0 Å². The first kappa shape index (κ1) is 11.8. The first-order chi connectivity index (χ1) is 8.78. The second kappa shape index (κ2) is 4.78. The molecule has 1 aromatic carbocycles. The Labute approximate surface area is 108 Å². The molecule has 2 heterocycles. The summed E-state index contributed by atoms with van der Waals surface area (Å²) in [4.78, 5) is 2.47. The second-order valence-electron chi connectivity index (χ2n) is 5.18. The number of rotatable bonds is 3. The van der Waals surface area contributed by atoms with Gasteiger partial charge in [-0.05, 0) is 37.0 Å². The summed E-state index contributed by atoms with van der Waals surface area (Å²) in [5, 5.41) is 0. The van der Waals surface area contributed by atoms with E-state index in [9.17, 15) is 0 Å². The van der Waals surface area contributed by atoms with Crippen LogP contribution < -0.4 is 15.2 Å². The monoisotopic (exact) mass is 248 g/mol. The highest BCUT2D eigenvalue weighted by Gasteiger charge is 2.30. The van der Waals surface area contributed by atoms with Gasteiger partial charge < -0.3 is 15.2 Å². The summed E-state index contributed by atoms with van der Waals surface area (Å²) in [5.41, 5.74) is 7.00. The lowest BCUT2D eigenvalue weighted by atomic mass is 9.96. The Hall–Kier alpha value is -1.26. The Morgan fingerprint density at radius 2 is 2.17 bits per heavy atom. The van der Waals surface area contributed by atoms with Crippen LogP contribution in [0.1, 0.15) is 24.8 Å². The van der Waals surface area contributed by atoms with Crippen LogP contribution in [0, 0.1) is 0 Å². The molecule has 1 aromatic rings. The second-order valence-corrected chi connectivity index (χ2v) is 5.18. The molecule has 1 fully saturated rings. The molecule has 0 aromatic heterocycles. The summed E-state index contributed by atoms with van der Waals surface area (Å²) in [5.74, 6) is 2.34. The van der Waals surface area contributed by atoms with Crippen molar-refractivity contribution < 1.29 is 9.47 Å². The highest BCUT2D eigenvalue weighted by atomic mass is 16.7. The van der Waals surface area contributed by atoms with Gasteiger partial charge in [0.25, 0.3) is 0 Å². The summed E-state index contributed by atoms with van der Waals surface area (Å²) < 4.78 is 10.8. The summed E-state index contributed by atoms with van der Waals surface area (Å²) >= 11 is 0. The fourth-order valence-electron chi connectivity index (χ4n) is 2.98. The first-order valence-corrected chi connectivity index (χ1v) is 6.61. The predicted octanol–water partition coefficient (Wildman–Crippen LogP) is 1.55. The number of nitrogens with zero attached hydrogens (tertiary/aromatic N) is 1. The van der Waals surface area contributed by atoms with Gasteiger partial charge in [0, 0.05) is 25.7 Å². The number of hydrogen-bond donors (Lipinski definition) is 1. The van der Waals surface area contributed by atoms with Crippen LogP contribution in [-0.4, -0.2) is 37.4 Å². The van der Waals surface area contributed by atoms with Crippen LogP contribution in [0.15, 0.2) is 18.2 Å². The molecular weight excluding hydrogens is 228 g/mol. The molecule has 0 amide bonds. The van der Waals surface area contributed by atoms with Gasteiger partial charge >= 0.3 is 0 Å². The molecule has 0 aliphatic carbocycles. The van der Waals surface area contributed by atoms with Gasteiger partial charge in [0.2, 0.25) is 6.79 Å². The zero-order valence-corrected chi connectivity index (χ0v) is 10.8. The van der Waals surface area contributed by atoms with Gasteiger partial charge in [0.15, 0.2) is 11.5 Å². The largest absolute Gasteiger partial charge is 0.454 e. The molecule has 0 radical (unpaired) electrons. The van der Waals surface area contributed by atoms with Crippen molar-refractivity contribution in [2.75, 3.05) is 26.4 Å². The summed E-state index contributed by atoms with van der Waals surface area (Å²) in [6.07, 6.45) is 1.19. The molecule has 18 heavy (non-hydrogen) atoms. The van der Waals surface area contributed by atoms with Crippen molar-refractivity contribution in [3.05, 3.63) is 23.8 Å². The third-order valence-electron chi connectivity index (χ3n) is 3.99. The first-order valence-electron chi connectivity index (χ1n) is 6.61. The number of hydrogen-bond acceptors (Lipinski definition) is 4. The molecule has 0 saturated carbocycles. The molecule has 1 saturated heterocycles. The quantitative estimate of drug-likeness (QED) is 0.881. The van der Waals surface area contributed by atoms with E-state index in [1.54, 1.807) is 0 Å². The van der Waals surface area contributed by atoms with Gasteiger partial charge in [-0.1, -0.05) is 6.07 Å². The van der Waals surface area contributed by atoms with E-state index in [1.165, 1.54) is 12.0 Å². The minimum atomic E-state index is 0.346. The van der Waals surface area contributed by atoms with Crippen LogP contribution in [0.4, 0.5) is 0 Å². The average Bonchev–Trinajstić information content (AvgIpc) is 2.96. The maximum absolute atomic E-state index is 5.65. The Bertz CT molecular complexity index is 436. The van der Waals surface area contributed by atoms with Crippen LogP contribution in [0.25, 0.3) is 0 Å². The number of benzene rings is 1. The van der Waals surface area contributed by atoms with E-state index in [0.717, 1.165) is 31.1 Å². The maximum atomic E-state index is 5.65. The van der Waals surface area contributed by atoms with Crippen LogP contribution in [0.3, 0.4) is 0 Å². The zero-order valence-electron chi connectivity index (χ0n) is 10.8. The van der Waals surface area contributed by atoms with Gasteiger partial charge in [-0.3, -0.25) is 4.90 Å². The zero-order chi connectivity index (χ0) is 12.5. The minimum absolute atomic E-state index is 0.346. The van der Waals surface area contributed by atoms with Crippen LogP contribution in [0.5, 0.6) is 11.5 Å². The average molecular weight is 248 g/mol. The molecule has 2 aliphatic rings. The molecule has 0 spiro atoms. The predicted molar refractivity (Wildman–Crippen MR) is 70.0 cm³/mol. The van der Waals surface area contributed by atoms with E-state index in [-0.39, 0.29) is 0 Å². The molecule has 2 aliphatic heterocycles. The SMILES string of the molecule is CC1CC(c2ccc3c(c2)OCO3)CN1CCN. The van der Waals surface area contributed by atoms with Crippen LogP contribution in [-0.2, 0) is 0 Å². The Morgan fingerprint density at radius 1 is 1.33 bits per heavy atom. The van der Waals surface area contributed by atoms with Gasteiger partial charge in [-0.15, -0.1) is 0 Å². The number of ether oxygens (including phenoxy) is 2. The van der Waals surface area contributed by atoms with Crippen molar-refractivity contribution in [1.29, 1.82) is 0 Å². The van der Waals surface area contributed by atoms with E-state index in [4.69, 9.17) is 15.2 Å².